The number of nitrogens with one attached hydrogen (secondary N) is 2. The number of amides is 1. The summed E-state index contributed by atoms with van der Waals surface area (Å²) in [5.74, 6) is 0.814. The minimum Gasteiger partial charge on any atom is -0.483 e. The lowest BCUT2D eigenvalue weighted by molar-refractivity contribution is -0.125. The fourth-order valence-electron chi connectivity index (χ4n) is 6.41. The van der Waals surface area contributed by atoms with Gasteiger partial charge >= 0.3 is 0 Å². The predicted molar refractivity (Wildman–Crippen MR) is 149 cm³/mol. The Morgan fingerprint density at radius 3 is 2.41 bits per heavy atom. The van der Waals surface area contributed by atoms with Crippen molar-refractivity contribution in [2.24, 2.45) is 5.41 Å². The lowest BCUT2D eigenvalue weighted by atomic mass is 9.64. The highest BCUT2D eigenvalue weighted by Gasteiger charge is 2.54. The largest absolute Gasteiger partial charge is 0.483 e. The van der Waals surface area contributed by atoms with Crippen molar-refractivity contribution in [1.82, 2.24) is 15.3 Å². The number of carbonyl (C=O) groups excluding carboxylic acids is 1. The van der Waals surface area contributed by atoms with E-state index in [-0.39, 0.29) is 17.8 Å². The monoisotopic (exact) mass is 550 g/mol. The van der Waals surface area contributed by atoms with Crippen LogP contribution in [0, 0.1) is 5.41 Å². The highest BCUT2D eigenvalue weighted by molar-refractivity contribution is 7.92. The second-order valence-corrected chi connectivity index (χ2v) is 12.8. The van der Waals surface area contributed by atoms with E-state index in [9.17, 15) is 13.2 Å². The number of hydrogen-bond donors (Lipinski definition) is 3. The molecule has 39 heavy (non-hydrogen) atoms. The molecule has 0 atom stereocenters. The van der Waals surface area contributed by atoms with Crippen molar-refractivity contribution >= 4 is 50.5 Å². The van der Waals surface area contributed by atoms with Gasteiger partial charge < -0.3 is 20.2 Å². The molecule has 5 heterocycles. The molecule has 1 amide bonds. The number of fused-ring (bicyclic) bond motifs is 4. The van der Waals surface area contributed by atoms with Gasteiger partial charge in [-0.3, -0.25) is 19.3 Å². The van der Waals surface area contributed by atoms with E-state index in [2.05, 4.69) is 26.0 Å². The number of aromatic nitrogens is 2. The van der Waals surface area contributed by atoms with Gasteiger partial charge in [0.1, 0.15) is 0 Å². The smallest absolute Gasteiger partial charge is 0.290 e. The van der Waals surface area contributed by atoms with Crippen LogP contribution in [0.2, 0.25) is 0 Å². The van der Waals surface area contributed by atoms with Crippen molar-refractivity contribution in [3.05, 3.63) is 42.2 Å². The van der Waals surface area contributed by atoms with Crippen LogP contribution in [0.25, 0.3) is 22.0 Å². The van der Waals surface area contributed by atoms with Crippen LogP contribution in [-0.2, 0) is 25.0 Å². The number of nitrogens with zero attached hydrogens (tertiary/aromatic N) is 4. The van der Waals surface area contributed by atoms with Crippen molar-refractivity contribution in [2.45, 2.75) is 24.7 Å². The third-order valence-corrected chi connectivity index (χ3v) is 9.05. The molecule has 12 heteroatoms. The van der Waals surface area contributed by atoms with Crippen LogP contribution in [-0.4, -0.2) is 75.4 Å². The quantitative estimate of drug-likeness (QED) is 0.416. The van der Waals surface area contributed by atoms with E-state index in [0.717, 1.165) is 85.0 Å². The maximum absolute atomic E-state index is 13.2. The van der Waals surface area contributed by atoms with Crippen LogP contribution in [0.5, 0.6) is 0 Å². The third-order valence-electron chi connectivity index (χ3n) is 8.46. The fourth-order valence-corrected chi connectivity index (χ4v) is 6.96. The van der Waals surface area contributed by atoms with Crippen LogP contribution in [0.15, 0.2) is 36.7 Å². The highest BCUT2D eigenvalue weighted by atomic mass is 32.2. The second-order valence-electron chi connectivity index (χ2n) is 11.1. The predicted octanol–water partition coefficient (Wildman–Crippen LogP) is 2.18. The summed E-state index contributed by atoms with van der Waals surface area (Å²) < 4.78 is 27.1. The van der Waals surface area contributed by atoms with Gasteiger partial charge in [0.2, 0.25) is 15.9 Å². The highest BCUT2D eigenvalue weighted by Crippen LogP contribution is 2.55. The van der Waals surface area contributed by atoms with Gasteiger partial charge in [0.15, 0.2) is 5.82 Å². The van der Waals surface area contributed by atoms with E-state index in [0.29, 0.717) is 11.5 Å². The summed E-state index contributed by atoms with van der Waals surface area (Å²) in [5.41, 5.74) is 4.86. The Kier molecular flexibility index (Phi) is 5.81. The maximum atomic E-state index is 13.2. The molecule has 2 saturated heterocycles. The fraction of sp³-hybridized carbons (Fsp3) is 0.407. The molecular weight excluding hydrogens is 520 g/mol. The summed E-state index contributed by atoms with van der Waals surface area (Å²) in [5, 5.41) is 11.2. The molecule has 11 nitrogen and oxygen atoms in total. The average Bonchev–Trinajstić information content (AvgIpc) is 3.05. The van der Waals surface area contributed by atoms with E-state index < -0.39 is 15.4 Å². The summed E-state index contributed by atoms with van der Waals surface area (Å²) in [6, 6.07) is 7.89. The van der Waals surface area contributed by atoms with Crippen LogP contribution in [0.3, 0.4) is 0 Å². The van der Waals surface area contributed by atoms with Gasteiger partial charge in [-0.15, -0.1) is 0 Å². The van der Waals surface area contributed by atoms with Gasteiger partial charge in [0, 0.05) is 61.4 Å². The number of anilines is 3. The Morgan fingerprint density at radius 1 is 1.10 bits per heavy atom. The molecule has 2 spiro atoms. The molecule has 4 aliphatic rings. The number of carbonyl (C=O) groups is 2. The molecule has 204 valence electrons. The Bertz CT molecular complexity index is 1610. The van der Waals surface area contributed by atoms with Gasteiger partial charge in [0.05, 0.1) is 34.8 Å². The zero-order valence-corrected chi connectivity index (χ0v) is 22.6. The molecule has 2 aromatic heterocycles. The zero-order chi connectivity index (χ0) is 27.6. The molecule has 7 rings (SSSR count). The topological polar surface area (TPSA) is 145 Å². The Hall–Kier alpha value is -3.77. The molecule has 3 aromatic rings. The number of likely N-dealkylation sites (N-methyl/N-ethyl adjacent to an activating group) is 1. The lowest BCUT2D eigenvalue weighted by Crippen LogP contribution is -2.71. The summed E-state index contributed by atoms with van der Waals surface area (Å²) in [6.45, 7) is 3.46. The molecule has 3 fully saturated rings. The Morgan fingerprint density at radius 2 is 1.82 bits per heavy atom. The summed E-state index contributed by atoms with van der Waals surface area (Å²) in [6.07, 6.45) is 7.54. The molecular formula is C27H30N6O5S. The molecule has 0 unspecified atom stereocenters. The van der Waals surface area contributed by atoms with Gasteiger partial charge in [-0.25, -0.2) is 13.4 Å². The maximum Gasteiger partial charge on any atom is 0.290 e. The molecule has 3 aliphatic heterocycles. The number of benzene rings is 1. The van der Waals surface area contributed by atoms with E-state index in [1.165, 1.54) is 0 Å². The second kappa shape index (κ2) is 8.88. The lowest BCUT2D eigenvalue weighted by Gasteiger charge is -2.56. The molecule has 1 saturated carbocycles. The first-order valence-electron chi connectivity index (χ1n) is 12.8. The van der Waals surface area contributed by atoms with Crippen LogP contribution in [0.4, 0.5) is 17.2 Å². The van der Waals surface area contributed by atoms with Crippen molar-refractivity contribution in [3.63, 3.8) is 0 Å². The van der Waals surface area contributed by atoms with Gasteiger partial charge in [-0.1, -0.05) is 12.5 Å². The molecule has 1 aromatic carbocycles. The summed E-state index contributed by atoms with van der Waals surface area (Å²) >= 11 is 0. The van der Waals surface area contributed by atoms with E-state index in [1.54, 1.807) is 11.1 Å². The van der Waals surface area contributed by atoms with E-state index in [1.807, 2.05) is 31.4 Å². The van der Waals surface area contributed by atoms with Crippen LogP contribution >= 0.6 is 0 Å². The van der Waals surface area contributed by atoms with Gasteiger partial charge in [-0.05, 0) is 36.6 Å². The van der Waals surface area contributed by atoms with Gasteiger partial charge in [-0.2, -0.15) is 0 Å². The van der Waals surface area contributed by atoms with Crippen molar-refractivity contribution in [2.75, 3.05) is 54.0 Å². The number of carboxylic acid groups (broad SMARTS) is 1. The zero-order valence-electron chi connectivity index (χ0n) is 21.8. The van der Waals surface area contributed by atoms with Crippen LogP contribution < -0.4 is 19.8 Å². The minimum atomic E-state index is -3.48. The molecule has 0 bridgehead atoms. The first-order chi connectivity index (χ1) is 18.6. The molecule has 0 radical (unpaired) electrons. The Labute approximate surface area is 226 Å². The van der Waals surface area contributed by atoms with Crippen molar-refractivity contribution in [3.8, 4) is 11.1 Å². The first-order valence-corrected chi connectivity index (χ1v) is 14.7. The number of pyridine rings is 2. The first kappa shape index (κ1) is 25.5. The minimum absolute atomic E-state index is 0.156. The molecule has 3 N–H and O–H groups in total. The number of hydrogen-bond acceptors (Lipinski definition) is 8. The number of rotatable bonds is 4. The van der Waals surface area contributed by atoms with Crippen molar-refractivity contribution in [1.29, 1.82) is 0 Å². The van der Waals surface area contributed by atoms with E-state index in [4.69, 9.17) is 14.9 Å². The summed E-state index contributed by atoms with van der Waals surface area (Å²) in [4.78, 5) is 34.8. The number of sulfonamides is 1. The third kappa shape index (κ3) is 4.00. The Balaban J connectivity index is 0.000000883. The normalized spacial score (nSPS) is 20.0. The standard InChI is InChI=1S/C26H28N6O3S.CH2O2/c1-31-21-11-28-19-5-4-16(8-18(19)22(21)26(24(31)33)6-3-7-26)17-9-20(30-36(2,34)35)23(29-10-17)32-14-25(15-32)12-27-13-25;2-1-3/h4-5,8-11,27,30H,3,6-7,12-15H2,1-2H3;1H,(H,2,3). The average molecular weight is 551 g/mol. The molecule has 1 aliphatic carbocycles. The van der Waals surface area contributed by atoms with Crippen LogP contribution in [0.1, 0.15) is 24.8 Å². The van der Waals surface area contributed by atoms with Gasteiger partial charge in [0.25, 0.3) is 6.47 Å². The SMILES string of the molecule is CN1C(=O)C2(CCC2)c2c1cnc1ccc(-c3cnc(N4CC5(CNC5)C4)c(NS(C)(=O)=O)c3)cc21.O=CO. The van der Waals surface area contributed by atoms with Crippen molar-refractivity contribution < 1.29 is 23.1 Å². The van der Waals surface area contributed by atoms with E-state index >= 15 is 0 Å². The summed E-state index contributed by atoms with van der Waals surface area (Å²) in [7, 11) is -1.65.